The van der Waals surface area contributed by atoms with E-state index in [9.17, 15) is 4.79 Å². The molecule has 0 spiro atoms. The summed E-state index contributed by atoms with van der Waals surface area (Å²) in [5.74, 6) is 0.329. The molecule has 0 aliphatic heterocycles. The van der Waals surface area contributed by atoms with Crippen LogP contribution in [0, 0.1) is 5.92 Å². The Bertz CT molecular complexity index is 132. The number of nitrogens with one attached hydrogen (secondary N) is 1. The molecule has 0 fully saturated rings. The first-order valence-electron chi connectivity index (χ1n) is 3.34. The molecule has 1 unspecified atom stereocenters. The van der Waals surface area contributed by atoms with E-state index in [1.807, 2.05) is 20.8 Å². The molecule has 1 amide bonds. The van der Waals surface area contributed by atoms with Crippen molar-refractivity contribution in [3.63, 3.8) is 0 Å². The average molecular weight is 208 g/mol. The maximum absolute atomic E-state index is 11.1. The van der Waals surface area contributed by atoms with Crippen LogP contribution in [0.4, 0.5) is 0 Å². The molecular formula is C7H14BrNO. The third-order valence-electron chi connectivity index (χ3n) is 1.76. The van der Waals surface area contributed by atoms with Gasteiger partial charge in [-0.05, 0) is 12.8 Å². The molecule has 60 valence electrons. The number of rotatable bonds is 2. The minimum Gasteiger partial charge on any atom is -0.358 e. The molecule has 0 saturated carbocycles. The molecule has 0 aromatic heterocycles. The first-order chi connectivity index (χ1) is 4.42. The van der Waals surface area contributed by atoms with Crippen molar-refractivity contribution < 1.29 is 4.79 Å². The van der Waals surface area contributed by atoms with Gasteiger partial charge in [-0.1, -0.05) is 29.8 Å². The second-order valence-corrected chi connectivity index (χ2v) is 4.46. The van der Waals surface area contributed by atoms with Crippen LogP contribution in [0.5, 0.6) is 0 Å². The second kappa shape index (κ2) is 3.37. The number of hydrogen-bond donors (Lipinski definition) is 1. The van der Waals surface area contributed by atoms with E-state index >= 15 is 0 Å². The zero-order chi connectivity index (χ0) is 8.36. The SMILES string of the molecule is CNC(=O)C(C)(Br)C(C)C. The van der Waals surface area contributed by atoms with Crippen LogP contribution in [-0.2, 0) is 4.79 Å². The lowest BCUT2D eigenvalue weighted by molar-refractivity contribution is -0.123. The summed E-state index contributed by atoms with van der Waals surface area (Å²) < 4.78 is -0.429. The molecule has 1 atom stereocenters. The van der Waals surface area contributed by atoms with Gasteiger partial charge >= 0.3 is 0 Å². The van der Waals surface area contributed by atoms with Gasteiger partial charge in [-0.15, -0.1) is 0 Å². The number of amides is 1. The summed E-state index contributed by atoms with van der Waals surface area (Å²) in [6, 6.07) is 0. The Morgan fingerprint density at radius 2 is 2.00 bits per heavy atom. The molecule has 0 bridgehead atoms. The molecule has 1 N–H and O–H groups in total. The van der Waals surface area contributed by atoms with E-state index < -0.39 is 4.32 Å². The fourth-order valence-electron chi connectivity index (χ4n) is 0.507. The van der Waals surface area contributed by atoms with Crippen molar-refractivity contribution in [2.24, 2.45) is 5.92 Å². The van der Waals surface area contributed by atoms with Crippen molar-refractivity contribution in [3.8, 4) is 0 Å². The van der Waals surface area contributed by atoms with Crippen molar-refractivity contribution in [3.05, 3.63) is 0 Å². The summed E-state index contributed by atoms with van der Waals surface area (Å²) in [7, 11) is 1.64. The highest BCUT2D eigenvalue weighted by atomic mass is 79.9. The second-order valence-electron chi connectivity index (χ2n) is 2.81. The van der Waals surface area contributed by atoms with Crippen LogP contribution >= 0.6 is 15.9 Å². The molecule has 0 rings (SSSR count). The summed E-state index contributed by atoms with van der Waals surface area (Å²) in [4.78, 5) is 11.1. The van der Waals surface area contributed by atoms with Crippen LogP contribution < -0.4 is 5.32 Å². The van der Waals surface area contributed by atoms with Crippen LogP contribution in [0.1, 0.15) is 20.8 Å². The maximum atomic E-state index is 11.1. The third kappa shape index (κ3) is 1.97. The first kappa shape index (κ1) is 9.95. The van der Waals surface area contributed by atoms with Gasteiger partial charge in [0.05, 0.1) is 0 Å². The molecule has 0 heterocycles. The lowest BCUT2D eigenvalue weighted by atomic mass is 9.97. The number of carbonyl (C=O) groups is 1. The van der Waals surface area contributed by atoms with E-state index in [2.05, 4.69) is 21.2 Å². The zero-order valence-electron chi connectivity index (χ0n) is 6.86. The predicted octanol–water partition coefficient (Wildman–Crippen LogP) is 1.54. The Balaban J connectivity index is 4.24. The van der Waals surface area contributed by atoms with Crippen molar-refractivity contribution in [2.45, 2.75) is 25.1 Å². The van der Waals surface area contributed by atoms with Crippen LogP contribution in [0.2, 0.25) is 0 Å². The summed E-state index contributed by atoms with van der Waals surface area (Å²) in [5, 5.41) is 2.60. The molecular weight excluding hydrogens is 194 g/mol. The number of alkyl halides is 1. The van der Waals surface area contributed by atoms with Gasteiger partial charge in [-0.25, -0.2) is 0 Å². The van der Waals surface area contributed by atoms with Gasteiger partial charge in [0.25, 0.3) is 0 Å². The molecule has 10 heavy (non-hydrogen) atoms. The zero-order valence-corrected chi connectivity index (χ0v) is 8.45. The Hall–Kier alpha value is -0.0500. The summed E-state index contributed by atoms with van der Waals surface area (Å²) in [5.41, 5.74) is 0. The van der Waals surface area contributed by atoms with Gasteiger partial charge < -0.3 is 5.32 Å². The summed E-state index contributed by atoms with van der Waals surface area (Å²) in [6.07, 6.45) is 0. The third-order valence-corrected chi connectivity index (χ3v) is 3.03. The van der Waals surface area contributed by atoms with E-state index in [1.54, 1.807) is 7.05 Å². The van der Waals surface area contributed by atoms with Crippen LogP contribution in [0.3, 0.4) is 0 Å². The molecule has 0 aliphatic rings. The predicted molar refractivity (Wildman–Crippen MR) is 46.2 cm³/mol. The molecule has 0 radical (unpaired) electrons. The number of hydrogen-bond acceptors (Lipinski definition) is 1. The molecule has 0 aromatic carbocycles. The Morgan fingerprint density at radius 3 is 2.10 bits per heavy atom. The molecule has 0 saturated heterocycles. The normalized spacial score (nSPS) is 16.6. The summed E-state index contributed by atoms with van der Waals surface area (Å²) >= 11 is 3.36. The van der Waals surface area contributed by atoms with Crippen molar-refractivity contribution in [1.29, 1.82) is 0 Å². The maximum Gasteiger partial charge on any atom is 0.236 e. The molecule has 2 nitrogen and oxygen atoms in total. The van der Waals surface area contributed by atoms with Gasteiger partial charge in [0.15, 0.2) is 0 Å². The monoisotopic (exact) mass is 207 g/mol. The minimum absolute atomic E-state index is 0.0301. The van der Waals surface area contributed by atoms with E-state index in [1.165, 1.54) is 0 Å². The fourth-order valence-corrected chi connectivity index (χ4v) is 0.705. The largest absolute Gasteiger partial charge is 0.358 e. The van der Waals surface area contributed by atoms with E-state index in [-0.39, 0.29) is 5.91 Å². The number of carbonyl (C=O) groups excluding carboxylic acids is 1. The van der Waals surface area contributed by atoms with Gasteiger partial charge in [0, 0.05) is 7.05 Å². The topological polar surface area (TPSA) is 29.1 Å². The van der Waals surface area contributed by atoms with Gasteiger partial charge in [0.1, 0.15) is 4.32 Å². The van der Waals surface area contributed by atoms with E-state index in [0.717, 1.165) is 0 Å². The molecule has 0 aromatic rings. The Kier molecular flexibility index (Phi) is 3.36. The van der Waals surface area contributed by atoms with E-state index in [0.29, 0.717) is 5.92 Å². The van der Waals surface area contributed by atoms with Crippen molar-refractivity contribution in [1.82, 2.24) is 5.32 Å². The molecule has 3 heteroatoms. The Morgan fingerprint density at radius 1 is 1.60 bits per heavy atom. The van der Waals surface area contributed by atoms with Crippen molar-refractivity contribution in [2.75, 3.05) is 7.05 Å². The fraction of sp³-hybridized carbons (Fsp3) is 0.857. The standard InChI is InChI=1S/C7H14BrNO/c1-5(2)7(3,8)6(10)9-4/h5H,1-4H3,(H,9,10). The summed E-state index contributed by atoms with van der Waals surface area (Å²) in [6.45, 7) is 5.88. The quantitative estimate of drug-likeness (QED) is 0.685. The highest BCUT2D eigenvalue weighted by Gasteiger charge is 2.32. The van der Waals surface area contributed by atoms with Crippen LogP contribution in [0.15, 0.2) is 0 Å². The number of halogens is 1. The molecule has 0 aliphatic carbocycles. The Labute approximate surface area is 70.5 Å². The van der Waals surface area contributed by atoms with Crippen molar-refractivity contribution >= 4 is 21.8 Å². The highest BCUT2D eigenvalue weighted by Crippen LogP contribution is 2.26. The lowest BCUT2D eigenvalue weighted by Gasteiger charge is -2.24. The first-order valence-corrected chi connectivity index (χ1v) is 4.13. The van der Waals surface area contributed by atoms with Crippen LogP contribution in [-0.4, -0.2) is 17.3 Å². The lowest BCUT2D eigenvalue weighted by Crippen LogP contribution is -2.41. The van der Waals surface area contributed by atoms with Gasteiger partial charge in [0.2, 0.25) is 5.91 Å². The van der Waals surface area contributed by atoms with Gasteiger partial charge in [-0.2, -0.15) is 0 Å². The minimum atomic E-state index is -0.429. The smallest absolute Gasteiger partial charge is 0.236 e. The van der Waals surface area contributed by atoms with Gasteiger partial charge in [-0.3, -0.25) is 4.79 Å². The van der Waals surface area contributed by atoms with E-state index in [4.69, 9.17) is 0 Å². The average Bonchev–Trinajstić information content (AvgIpc) is 1.86. The van der Waals surface area contributed by atoms with Crippen LogP contribution in [0.25, 0.3) is 0 Å². The highest BCUT2D eigenvalue weighted by molar-refractivity contribution is 9.10.